The van der Waals surface area contributed by atoms with E-state index >= 15 is 0 Å². The summed E-state index contributed by atoms with van der Waals surface area (Å²) < 4.78 is 0. The molecule has 1 aromatic heterocycles. The van der Waals surface area contributed by atoms with Gasteiger partial charge in [-0.3, -0.25) is 0 Å². The molecule has 1 aliphatic rings. The van der Waals surface area contributed by atoms with Crippen molar-refractivity contribution in [2.75, 3.05) is 5.75 Å². The van der Waals surface area contributed by atoms with Gasteiger partial charge in [-0.1, -0.05) is 24.3 Å². The van der Waals surface area contributed by atoms with Crippen molar-refractivity contribution >= 4 is 29.1 Å². The lowest BCUT2D eigenvalue weighted by atomic mass is 9.84. The average molecular weight is 304 g/mol. The number of thiophene rings is 1. The highest BCUT2D eigenvalue weighted by Crippen LogP contribution is 2.36. The molecule has 2 nitrogen and oxygen atoms in total. The Kier molecular flexibility index (Phi) is 4.13. The van der Waals surface area contributed by atoms with Gasteiger partial charge in [-0.15, -0.1) is 23.1 Å². The molecular weight excluding hydrogens is 288 g/mol. The molecule has 0 bridgehead atoms. The zero-order chi connectivity index (χ0) is 13.9. The summed E-state index contributed by atoms with van der Waals surface area (Å²) >= 11 is 3.09. The number of aromatic carboxylic acids is 1. The number of aryl methyl sites for hydroxylation is 1. The highest BCUT2D eigenvalue weighted by atomic mass is 32.2. The molecule has 1 aromatic carbocycles. The molecule has 0 saturated heterocycles. The Bertz CT molecular complexity index is 618. The van der Waals surface area contributed by atoms with Gasteiger partial charge in [0.2, 0.25) is 0 Å². The Morgan fingerprint density at radius 3 is 3.05 bits per heavy atom. The van der Waals surface area contributed by atoms with Gasteiger partial charge in [0.05, 0.1) is 0 Å². The molecule has 1 N–H and O–H groups in total. The van der Waals surface area contributed by atoms with Gasteiger partial charge in [0.25, 0.3) is 0 Å². The average Bonchev–Trinajstić information content (AvgIpc) is 2.94. The van der Waals surface area contributed by atoms with Gasteiger partial charge >= 0.3 is 5.97 Å². The van der Waals surface area contributed by atoms with Gasteiger partial charge in [-0.25, -0.2) is 4.79 Å². The minimum Gasteiger partial charge on any atom is -0.477 e. The maximum Gasteiger partial charge on any atom is 0.345 e. The molecule has 0 spiro atoms. The molecule has 0 fully saturated rings. The third-order valence-electron chi connectivity index (χ3n) is 3.73. The number of hydrogen-bond donors (Lipinski definition) is 1. The third kappa shape index (κ3) is 2.91. The number of rotatable bonds is 4. The molecule has 104 valence electrons. The quantitative estimate of drug-likeness (QED) is 0.835. The van der Waals surface area contributed by atoms with Gasteiger partial charge in [0.1, 0.15) is 4.88 Å². The number of hydrogen-bond acceptors (Lipinski definition) is 3. The van der Waals surface area contributed by atoms with Gasteiger partial charge < -0.3 is 5.11 Å². The number of benzene rings is 1. The predicted molar refractivity (Wildman–Crippen MR) is 84.1 cm³/mol. The molecule has 4 heteroatoms. The molecule has 0 saturated carbocycles. The third-order valence-corrected chi connectivity index (χ3v) is 5.94. The van der Waals surface area contributed by atoms with Crippen LogP contribution in [0.15, 0.2) is 40.6 Å². The Hall–Kier alpha value is -1.26. The zero-order valence-corrected chi connectivity index (χ0v) is 12.7. The fourth-order valence-electron chi connectivity index (χ4n) is 2.73. The molecular formula is C16H16O2S2. The summed E-state index contributed by atoms with van der Waals surface area (Å²) in [6.45, 7) is 0. The Balaban J connectivity index is 1.68. The minimum absolute atomic E-state index is 0.427. The summed E-state index contributed by atoms with van der Waals surface area (Å²) in [7, 11) is 0. The lowest BCUT2D eigenvalue weighted by Crippen LogP contribution is -2.11. The standard InChI is InChI=1S/C16H16O2S2/c17-16(18)15-8-13(10-20-15)19-9-12-6-3-5-11-4-1-2-7-14(11)12/h1-2,4,7-8,10,12H,3,5-6,9H2,(H,17,18). The smallest absolute Gasteiger partial charge is 0.345 e. The molecule has 1 heterocycles. The first-order valence-corrected chi connectivity index (χ1v) is 8.63. The van der Waals surface area contributed by atoms with Crippen LogP contribution in [0.1, 0.15) is 39.6 Å². The number of carboxylic acids is 1. The van der Waals surface area contributed by atoms with Crippen LogP contribution in [0.3, 0.4) is 0 Å². The van der Waals surface area contributed by atoms with Crippen LogP contribution in [0.2, 0.25) is 0 Å². The molecule has 0 radical (unpaired) electrons. The molecule has 1 aliphatic carbocycles. The van der Waals surface area contributed by atoms with E-state index in [9.17, 15) is 4.79 Å². The van der Waals surface area contributed by atoms with E-state index < -0.39 is 5.97 Å². The summed E-state index contributed by atoms with van der Waals surface area (Å²) in [4.78, 5) is 12.4. The van der Waals surface area contributed by atoms with Crippen LogP contribution in [0.25, 0.3) is 0 Å². The zero-order valence-electron chi connectivity index (χ0n) is 11.0. The van der Waals surface area contributed by atoms with E-state index in [1.54, 1.807) is 17.8 Å². The van der Waals surface area contributed by atoms with E-state index in [1.165, 1.54) is 41.7 Å². The molecule has 1 unspecified atom stereocenters. The fraction of sp³-hybridized carbons (Fsp3) is 0.312. The Morgan fingerprint density at radius 1 is 1.40 bits per heavy atom. The minimum atomic E-state index is -0.829. The van der Waals surface area contributed by atoms with Crippen LogP contribution in [0, 0.1) is 0 Å². The summed E-state index contributed by atoms with van der Waals surface area (Å²) in [6, 6.07) is 10.5. The largest absolute Gasteiger partial charge is 0.477 e. The van der Waals surface area contributed by atoms with Crippen molar-refractivity contribution in [2.45, 2.75) is 30.1 Å². The van der Waals surface area contributed by atoms with Crippen molar-refractivity contribution in [3.05, 3.63) is 51.7 Å². The number of thioether (sulfide) groups is 1. The van der Waals surface area contributed by atoms with Crippen LogP contribution < -0.4 is 0 Å². The van der Waals surface area contributed by atoms with Crippen molar-refractivity contribution in [1.82, 2.24) is 0 Å². The molecule has 1 atom stereocenters. The van der Waals surface area contributed by atoms with Crippen LogP contribution in [-0.2, 0) is 6.42 Å². The Morgan fingerprint density at radius 2 is 2.25 bits per heavy atom. The van der Waals surface area contributed by atoms with Crippen molar-refractivity contribution < 1.29 is 9.90 Å². The normalized spacial score (nSPS) is 17.7. The molecule has 0 aliphatic heterocycles. The number of carbonyl (C=O) groups is 1. The van der Waals surface area contributed by atoms with Gasteiger partial charge in [-0.2, -0.15) is 0 Å². The lowest BCUT2D eigenvalue weighted by molar-refractivity contribution is 0.0702. The monoisotopic (exact) mass is 304 g/mol. The second kappa shape index (κ2) is 6.02. The maximum atomic E-state index is 10.9. The fourth-order valence-corrected chi connectivity index (χ4v) is 4.77. The van der Waals surface area contributed by atoms with Crippen molar-refractivity contribution in [2.24, 2.45) is 0 Å². The summed E-state index contributed by atoms with van der Waals surface area (Å²) in [6.07, 6.45) is 3.69. The predicted octanol–water partition coefficient (Wildman–Crippen LogP) is 4.66. The summed E-state index contributed by atoms with van der Waals surface area (Å²) in [5.74, 6) is 0.801. The van der Waals surface area contributed by atoms with Crippen LogP contribution >= 0.6 is 23.1 Å². The topological polar surface area (TPSA) is 37.3 Å². The lowest BCUT2D eigenvalue weighted by Gasteiger charge is -2.25. The first-order valence-electron chi connectivity index (χ1n) is 6.76. The van der Waals surface area contributed by atoms with Gasteiger partial charge in [-0.05, 0) is 42.4 Å². The van der Waals surface area contributed by atoms with Gasteiger partial charge in [0, 0.05) is 16.0 Å². The highest BCUT2D eigenvalue weighted by molar-refractivity contribution is 7.99. The maximum absolute atomic E-state index is 10.9. The second-order valence-corrected chi connectivity index (χ2v) is 7.06. The molecule has 0 amide bonds. The summed E-state index contributed by atoms with van der Waals surface area (Å²) in [5.41, 5.74) is 2.97. The summed E-state index contributed by atoms with van der Waals surface area (Å²) in [5, 5.41) is 10.9. The van der Waals surface area contributed by atoms with E-state index in [0.717, 1.165) is 10.6 Å². The van der Waals surface area contributed by atoms with E-state index in [1.807, 2.05) is 5.38 Å². The van der Waals surface area contributed by atoms with Crippen LogP contribution in [0.5, 0.6) is 0 Å². The highest BCUT2D eigenvalue weighted by Gasteiger charge is 2.20. The second-order valence-electron chi connectivity index (χ2n) is 5.05. The van der Waals surface area contributed by atoms with E-state index in [2.05, 4.69) is 24.3 Å². The van der Waals surface area contributed by atoms with Crippen molar-refractivity contribution in [3.63, 3.8) is 0 Å². The van der Waals surface area contributed by atoms with Gasteiger partial charge in [0.15, 0.2) is 0 Å². The van der Waals surface area contributed by atoms with E-state index in [-0.39, 0.29) is 0 Å². The SMILES string of the molecule is O=C(O)c1cc(SCC2CCCc3ccccc32)cs1. The molecule has 2 aromatic rings. The van der Waals surface area contributed by atoms with E-state index in [0.29, 0.717) is 10.8 Å². The van der Waals surface area contributed by atoms with Crippen LogP contribution in [-0.4, -0.2) is 16.8 Å². The van der Waals surface area contributed by atoms with Crippen LogP contribution in [0.4, 0.5) is 0 Å². The molecule has 20 heavy (non-hydrogen) atoms. The number of fused-ring (bicyclic) bond motifs is 1. The molecule has 3 rings (SSSR count). The van der Waals surface area contributed by atoms with Crippen molar-refractivity contribution in [1.29, 1.82) is 0 Å². The first-order chi connectivity index (χ1) is 9.74. The Labute approximate surface area is 126 Å². The number of carboxylic acid groups (broad SMARTS) is 1. The van der Waals surface area contributed by atoms with E-state index in [4.69, 9.17) is 5.11 Å². The van der Waals surface area contributed by atoms with Crippen molar-refractivity contribution in [3.8, 4) is 0 Å². The first kappa shape index (κ1) is 13.7.